The lowest BCUT2D eigenvalue weighted by Crippen LogP contribution is -2.62. The molecular formula is CH7ClN2Si2. The molecule has 0 aliphatic carbocycles. The molecule has 0 amide bonds. The molecule has 0 bridgehead atoms. The minimum atomic E-state index is -0.653. The van der Waals surface area contributed by atoms with Crippen molar-refractivity contribution >= 4 is 30.7 Å². The Kier molecular flexibility index (Phi) is 1.30. The molecule has 2 nitrogen and oxygen atoms in total. The van der Waals surface area contributed by atoms with Gasteiger partial charge in [0.15, 0.2) is 19.0 Å². The molecule has 0 aromatic rings. The monoisotopic (exact) mass is 138 g/mol. The van der Waals surface area contributed by atoms with Gasteiger partial charge < -0.3 is 4.65 Å². The summed E-state index contributed by atoms with van der Waals surface area (Å²) in [6, 6.07) is 0. The van der Waals surface area contributed by atoms with Gasteiger partial charge in [-0.2, -0.15) is 0 Å². The van der Waals surface area contributed by atoms with Crippen LogP contribution in [0.5, 0.6) is 0 Å². The van der Waals surface area contributed by atoms with E-state index in [9.17, 15) is 0 Å². The van der Waals surface area contributed by atoms with Gasteiger partial charge in [-0.15, -0.1) is 0 Å². The normalized spacial score (nSPS) is 40.0. The Labute approximate surface area is 46.3 Å². The average Bonchev–Trinajstić information content (AvgIpc) is 1.61. The van der Waals surface area contributed by atoms with Crippen LogP contribution in [0.1, 0.15) is 0 Å². The summed E-state index contributed by atoms with van der Waals surface area (Å²) in [5, 5.41) is 0. The molecule has 1 N–H and O–H groups in total. The number of nitrogens with zero attached hydrogens (tertiary/aromatic N) is 1. The smallest absolute Gasteiger partial charge is 0.187 e. The number of rotatable bonds is 0. The first-order valence-electron chi connectivity index (χ1n) is 1.96. The molecule has 1 saturated heterocycles. The maximum Gasteiger partial charge on any atom is 0.187 e. The summed E-state index contributed by atoms with van der Waals surface area (Å²) >= 11 is 5.59. The molecule has 1 aliphatic heterocycles. The molecule has 0 spiro atoms. The molecular weight excluding hydrogens is 132 g/mol. The van der Waals surface area contributed by atoms with E-state index in [-0.39, 0.29) is 9.84 Å². The van der Waals surface area contributed by atoms with Crippen LogP contribution in [0.25, 0.3) is 0 Å². The van der Waals surface area contributed by atoms with Crippen molar-refractivity contribution in [2.75, 3.05) is 0 Å². The van der Waals surface area contributed by atoms with Crippen molar-refractivity contribution in [1.29, 1.82) is 0 Å². The zero-order valence-electron chi connectivity index (χ0n) is 3.61. The van der Waals surface area contributed by atoms with Crippen molar-refractivity contribution in [3.8, 4) is 0 Å². The Bertz CT molecular complexity index is 51.5. The minimum Gasteiger partial charge on any atom is -0.342 e. The predicted octanol–water partition coefficient (Wildman–Crippen LogP) is -1.11. The van der Waals surface area contributed by atoms with Crippen LogP contribution in [0.15, 0.2) is 0 Å². The van der Waals surface area contributed by atoms with Gasteiger partial charge in [-0.05, 0) is 18.3 Å². The van der Waals surface area contributed by atoms with Gasteiger partial charge in [0.2, 0.25) is 0 Å². The SMILES string of the molecule is C[SiH]1N[SiH2]N1Cl. The van der Waals surface area contributed by atoms with E-state index in [4.69, 9.17) is 11.8 Å². The summed E-state index contributed by atoms with van der Waals surface area (Å²) in [6.07, 6.45) is 0. The topological polar surface area (TPSA) is 15.3 Å². The molecule has 0 saturated carbocycles. The third-order valence-electron chi connectivity index (χ3n) is 0.958. The number of hydrogen-bond acceptors (Lipinski definition) is 2. The van der Waals surface area contributed by atoms with Crippen molar-refractivity contribution in [1.82, 2.24) is 8.40 Å². The molecule has 1 heterocycles. The molecule has 0 aromatic carbocycles. The van der Waals surface area contributed by atoms with Crippen LogP contribution in [0.3, 0.4) is 0 Å². The van der Waals surface area contributed by atoms with Gasteiger partial charge in [0, 0.05) is 0 Å². The summed E-state index contributed by atoms with van der Waals surface area (Å²) in [6.45, 7) is 2.18. The maximum absolute atomic E-state index is 5.59. The van der Waals surface area contributed by atoms with E-state index in [1.165, 1.54) is 0 Å². The maximum atomic E-state index is 5.59. The van der Waals surface area contributed by atoms with Gasteiger partial charge in [0.25, 0.3) is 0 Å². The number of hydrogen-bond donors (Lipinski definition) is 1. The highest BCUT2D eigenvalue weighted by Crippen LogP contribution is 1.99. The minimum absolute atomic E-state index is 0.108. The number of nitrogens with one attached hydrogen (secondary N) is 1. The summed E-state index contributed by atoms with van der Waals surface area (Å²) in [4.78, 5) is 0. The van der Waals surface area contributed by atoms with E-state index in [0.29, 0.717) is 0 Å². The van der Waals surface area contributed by atoms with Crippen LogP contribution in [-0.2, 0) is 0 Å². The van der Waals surface area contributed by atoms with E-state index < -0.39 is 9.12 Å². The van der Waals surface area contributed by atoms with E-state index in [2.05, 4.69) is 11.2 Å². The third-order valence-corrected chi connectivity index (χ3v) is 8.62. The third kappa shape index (κ3) is 0.663. The van der Waals surface area contributed by atoms with Gasteiger partial charge >= 0.3 is 0 Å². The second kappa shape index (κ2) is 1.63. The Balaban J connectivity index is 2.20. The summed E-state index contributed by atoms with van der Waals surface area (Å²) in [5.41, 5.74) is 0. The molecule has 6 heavy (non-hydrogen) atoms. The predicted molar refractivity (Wildman–Crippen MR) is 32.4 cm³/mol. The lowest BCUT2D eigenvalue weighted by Gasteiger charge is -2.31. The molecule has 1 atom stereocenters. The van der Waals surface area contributed by atoms with Gasteiger partial charge in [-0.1, -0.05) is 0 Å². The fourth-order valence-corrected chi connectivity index (χ4v) is 4.33. The van der Waals surface area contributed by atoms with Crippen molar-refractivity contribution in [2.24, 2.45) is 0 Å². The van der Waals surface area contributed by atoms with E-state index in [0.717, 1.165) is 0 Å². The summed E-state index contributed by atoms with van der Waals surface area (Å²) < 4.78 is 5.32. The Morgan fingerprint density at radius 1 is 2.00 bits per heavy atom. The molecule has 1 unspecified atom stereocenters. The van der Waals surface area contributed by atoms with Crippen LogP contribution in [-0.4, -0.2) is 22.7 Å². The Hall–Kier alpha value is 0.644. The van der Waals surface area contributed by atoms with E-state index in [1.54, 1.807) is 0 Å². The van der Waals surface area contributed by atoms with Gasteiger partial charge in [-0.3, -0.25) is 0 Å². The van der Waals surface area contributed by atoms with Crippen molar-refractivity contribution < 1.29 is 0 Å². The summed E-state index contributed by atoms with van der Waals surface area (Å²) in [5.74, 6) is 0. The van der Waals surface area contributed by atoms with Gasteiger partial charge in [-0.25, -0.2) is 3.75 Å². The van der Waals surface area contributed by atoms with Crippen molar-refractivity contribution in [2.45, 2.75) is 6.55 Å². The molecule has 1 aliphatic rings. The van der Waals surface area contributed by atoms with Crippen LogP contribution >= 0.6 is 11.8 Å². The lowest BCUT2D eigenvalue weighted by molar-refractivity contribution is 0.943. The van der Waals surface area contributed by atoms with Gasteiger partial charge in [0.1, 0.15) is 0 Å². The molecule has 1 fully saturated rings. The molecule has 1 rings (SSSR count). The van der Waals surface area contributed by atoms with Crippen LogP contribution in [0, 0.1) is 0 Å². The molecule has 0 aromatic heterocycles. The zero-order valence-corrected chi connectivity index (χ0v) is 6.93. The van der Waals surface area contributed by atoms with Gasteiger partial charge in [0.05, 0.1) is 0 Å². The molecule has 5 heteroatoms. The standard InChI is InChI=1S/CH7ClN2Si2/c1-6-3-5-4(6)2/h3,6H,5H2,1H3. The first-order valence-corrected chi connectivity index (χ1v) is 5.89. The fraction of sp³-hybridized carbons (Fsp3) is 1.00. The van der Waals surface area contributed by atoms with Crippen LogP contribution in [0.4, 0.5) is 0 Å². The average molecular weight is 139 g/mol. The Morgan fingerprint density at radius 3 is 2.50 bits per heavy atom. The van der Waals surface area contributed by atoms with Crippen LogP contribution < -0.4 is 4.65 Å². The largest absolute Gasteiger partial charge is 0.342 e. The fourth-order valence-electron chi connectivity index (χ4n) is 0.343. The Morgan fingerprint density at radius 2 is 2.50 bits per heavy atom. The van der Waals surface area contributed by atoms with Crippen molar-refractivity contribution in [3.63, 3.8) is 0 Å². The van der Waals surface area contributed by atoms with Crippen molar-refractivity contribution in [3.05, 3.63) is 0 Å². The van der Waals surface area contributed by atoms with E-state index >= 15 is 0 Å². The summed E-state index contributed by atoms with van der Waals surface area (Å²) in [7, 11) is -0.760. The highest BCUT2D eigenvalue weighted by atomic mass is 35.5. The molecule has 36 valence electrons. The highest BCUT2D eigenvalue weighted by molar-refractivity contribution is 6.83. The zero-order chi connectivity index (χ0) is 4.57. The van der Waals surface area contributed by atoms with E-state index in [1.807, 2.05) is 3.75 Å². The number of halogens is 1. The highest BCUT2D eigenvalue weighted by Gasteiger charge is 2.21. The second-order valence-corrected chi connectivity index (χ2v) is 7.94. The lowest BCUT2D eigenvalue weighted by atomic mass is 11.9. The quantitative estimate of drug-likeness (QED) is 0.338. The second-order valence-electron chi connectivity index (χ2n) is 1.44. The first kappa shape index (κ1) is 4.79. The first-order chi connectivity index (χ1) is 2.80. The molecule has 0 radical (unpaired) electrons. The van der Waals surface area contributed by atoms with Crippen LogP contribution in [0.2, 0.25) is 6.55 Å².